The number of nitrogens with zero attached hydrogens (tertiary/aromatic N) is 1. The zero-order chi connectivity index (χ0) is 17.9. The third-order valence-corrected chi connectivity index (χ3v) is 5.18. The summed E-state index contributed by atoms with van der Waals surface area (Å²) >= 11 is 1.60. The van der Waals surface area contributed by atoms with Gasteiger partial charge in [-0.3, -0.25) is 9.89 Å². The number of hydrogen-bond acceptors (Lipinski definition) is 5. The van der Waals surface area contributed by atoms with E-state index in [1.807, 2.05) is 42.6 Å². The second-order valence-electron chi connectivity index (χ2n) is 5.98. The van der Waals surface area contributed by atoms with Crippen molar-refractivity contribution >= 4 is 17.2 Å². The van der Waals surface area contributed by atoms with E-state index in [0.717, 1.165) is 34.1 Å². The quantitative estimate of drug-likeness (QED) is 0.717. The first-order valence-electron chi connectivity index (χ1n) is 8.54. The van der Waals surface area contributed by atoms with Crippen molar-refractivity contribution in [2.75, 3.05) is 13.2 Å². The van der Waals surface area contributed by atoms with E-state index in [2.05, 4.69) is 15.5 Å². The molecule has 1 amide bonds. The van der Waals surface area contributed by atoms with Crippen molar-refractivity contribution in [2.24, 2.45) is 0 Å². The summed E-state index contributed by atoms with van der Waals surface area (Å²) < 4.78 is 11.2. The molecule has 4 rings (SSSR count). The number of carbonyl (C=O) groups is 1. The molecule has 1 aromatic carbocycles. The highest BCUT2D eigenvalue weighted by Gasteiger charge is 2.20. The number of nitrogens with one attached hydrogen (secondary N) is 2. The normalized spacial score (nSPS) is 14.0. The molecule has 0 saturated carbocycles. The van der Waals surface area contributed by atoms with Gasteiger partial charge >= 0.3 is 0 Å². The van der Waals surface area contributed by atoms with Gasteiger partial charge in [-0.15, -0.1) is 11.3 Å². The molecule has 6 nitrogen and oxygen atoms in total. The van der Waals surface area contributed by atoms with E-state index in [4.69, 9.17) is 9.47 Å². The number of thiophene rings is 1. The fraction of sp³-hybridized carbons (Fsp3) is 0.263. The summed E-state index contributed by atoms with van der Waals surface area (Å²) in [7, 11) is 0. The molecule has 2 aromatic heterocycles. The molecule has 0 fully saturated rings. The Morgan fingerprint density at radius 3 is 2.88 bits per heavy atom. The number of aromatic amines is 1. The van der Waals surface area contributed by atoms with Crippen LogP contribution in [-0.4, -0.2) is 29.3 Å². The highest BCUT2D eigenvalue weighted by Crippen LogP contribution is 2.33. The van der Waals surface area contributed by atoms with E-state index in [9.17, 15) is 4.79 Å². The van der Waals surface area contributed by atoms with Crippen molar-refractivity contribution < 1.29 is 14.3 Å². The molecule has 0 bridgehead atoms. The van der Waals surface area contributed by atoms with Gasteiger partial charge in [-0.2, -0.15) is 5.10 Å². The third kappa shape index (κ3) is 3.30. The first kappa shape index (κ1) is 16.7. The van der Waals surface area contributed by atoms with Crippen molar-refractivity contribution in [2.45, 2.75) is 19.4 Å². The molecule has 0 radical (unpaired) electrons. The van der Waals surface area contributed by atoms with Crippen LogP contribution < -0.4 is 14.8 Å². The van der Waals surface area contributed by atoms with Gasteiger partial charge in [0, 0.05) is 0 Å². The maximum atomic E-state index is 12.6. The lowest BCUT2D eigenvalue weighted by Crippen LogP contribution is -2.28. The standard InChI is InChI=1S/C19H19N3O3S/c1-2-13(12-5-6-16-17(10-12)25-8-7-24-16)20-19(23)15-11-14(21-22-15)18-4-3-9-26-18/h3-6,9-11,13H,2,7-8H2,1H3,(H,20,23)(H,21,22). The molecule has 2 N–H and O–H groups in total. The van der Waals surface area contributed by atoms with Gasteiger partial charge in [-0.05, 0) is 41.6 Å². The Bertz CT molecular complexity index is 905. The zero-order valence-corrected chi connectivity index (χ0v) is 15.1. The molecular weight excluding hydrogens is 350 g/mol. The summed E-state index contributed by atoms with van der Waals surface area (Å²) in [6.45, 7) is 3.13. The summed E-state index contributed by atoms with van der Waals surface area (Å²) in [6.07, 6.45) is 0.758. The number of benzene rings is 1. The van der Waals surface area contributed by atoms with E-state index >= 15 is 0 Å². The number of rotatable bonds is 5. The van der Waals surface area contributed by atoms with Gasteiger partial charge in [0.05, 0.1) is 16.6 Å². The second kappa shape index (κ2) is 7.21. The molecule has 0 aliphatic carbocycles. The fourth-order valence-electron chi connectivity index (χ4n) is 2.93. The highest BCUT2D eigenvalue weighted by atomic mass is 32.1. The Hall–Kier alpha value is -2.80. The predicted molar refractivity (Wildman–Crippen MR) is 99.8 cm³/mol. The molecule has 1 unspecified atom stereocenters. The van der Waals surface area contributed by atoms with Gasteiger partial charge in [0.2, 0.25) is 0 Å². The number of amides is 1. The fourth-order valence-corrected chi connectivity index (χ4v) is 3.62. The van der Waals surface area contributed by atoms with Crippen LogP contribution >= 0.6 is 11.3 Å². The van der Waals surface area contributed by atoms with E-state index in [-0.39, 0.29) is 11.9 Å². The minimum atomic E-state index is -0.203. The Labute approximate surface area is 155 Å². The Kier molecular flexibility index (Phi) is 4.62. The molecule has 3 aromatic rings. The third-order valence-electron chi connectivity index (χ3n) is 4.28. The van der Waals surface area contributed by atoms with E-state index < -0.39 is 0 Å². The lowest BCUT2D eigenvalue weighted by Gasteiger charge is -2.22. The van der Waals surface area contributed by atoms with Crippen LogP contribution in [0, 0.1) is 0 Å². The largest absolute Gasteiger partial charge is 0.486 e. The smallest absolute Gasteiger partial charge is 0.272 e. The van der Waals surface area contributed by atoms with Crippen molar-refractivity contribution in [3.05, 3.63) is 53.0 Å². The predicted octanol–water partition coefficient (Wildman–Crippen LogP) is 3.79. The van der Waals surface area contributed by atoms with Crippen LogP contribution in [0.15, 0.2) is 41.8 Å². The lowest BCUT2D eigenvalue weighted by molar-refractivity contribution is 0.0930. The minimum absolute atomic E-state index is 0.125. The number of H-pyrrole nitrogens is 1. The molecular formula is C19H19N3O3S. The first-order chi connectivity index (χ1) is 12.7. The second-order valence-corrected chi connectivity index (χ2v) is 6.93. The van der Waals surface area contributed by atoms with Crippen LogP contribution in [0.2, 0.25) is 0 Å². The number of aromatic nitrogens is 2. The van der Waals surface area contributed by atoms with Crippen LogP contribution in [-0.2, 0) is 0 Å². The Morgan fingerprint density at radius 2 is 2.12 bits per heavy atom. The van der Waals surface area contributed by atoms with E-state index in [0.29, 0.717) is 18.9 Å². The topological polar surface area (TPSA) is 76.2 Å². The molecule has 1 aliphatic heterocycles. The van der Waals surface area contributed by atoms with Gasteiger partial charge in [-0.1, -0.05) is 19.1 Å². The van der Waals surface area contributed by atoms with Gasteiger partial charge in [0.1, 0.15) is 13.2 Å². The summed E-state index contributed by atoms with van der Waals surface area (Å²) in [5.41, 5.74) is 2.21. The van der Waals surface area contributed by atoms with Crippen LogP contribution in [0.5, 0.6) is 11.5 Å². The van der Waals surface area contributed by atoms with Crippen molar-refractivity contribution in [3.8, 4) is 22.1 Å². The van der Waals surface area contributed by atoms with E-state index in [1.54, 1.807) is 17.4 Å². The molecule has 0 spiro atoms. The Balaban J connectivity index is 1.50. The molecule has 7 heteroatoms. The molecule has 1 atom stereocenters. The summed E-state index contributed by atoms with van der Waals surface area (Å²) in [5, 5.41) is 12.1. The molecule has 134 valence electrons. The maximum absolute atomic E-state index is 12.6. The number of carbonyl (C=O) groups excluding carboxylic acids is 1. The number of hydrogen-bond donors (Lipinski definition) is 2. The van der Waals surface area contributed by atoms with Crippen LogP contribution in [0.4, 0.5) is 0 Å². The van der Waals surface area contributed by atoms with Crippen LogP contribution in [0.25, 0.3) is 10.6 Å². The van der Waals surface area contributed by atoms with Crippen molar-refractivity contribution in [1.82, 2.24) is 15.5 Å². The van der Waals surface area contributed by atoms with Gasteiger partial charge in [0.15, 0.2) is 17.2 Å². The monoisotopic (exact) mass is 369 g/mol. The number of fused-ring (bicyclic) bond motifs is 1. The Morgan fingerprint density at radius 1 is 1.27 bits per heavy atom. The average molecular weight is 369 g/mol. The van der Waals surface area contributed by atoms with Crippen molar-refractivity contribution in [3.63, 3.8) is 0 Å². The summed E-state index contributed by atoms with van der Waals surface area (Å²) in [5.74, 6) is 1.26. The molecule has 0 saturated heterocycles. The van der Waals surface area contributed by atoms with Crippen LogP contribution in [0.3, 0.4) is 0 Å². The minimum Gasteiger partial charge on any atom is -0.486 e. The first-order valence-corrected chi connectivity index (χ1v) is 9.42. The van der Waals surface area contributed by atoms with Gasteiger partial charge < -0.3 is 14.8 Å². The maximum Gasteiger partial charge on any atom is 0.272 e. The summed E-state index contributed by atoms with van der Waals surface area (Å²) in [6, 6.07) is 11.4. The van der Waals surface area contributed by atoms with Gasteiger partial charge in [0.25, 0.3) is 5.91 Å². The van der Waals surface area contributed by atoms with Gasteiger partial charge in [-0.25, -0.2) is 0 Å². The summed E-state index contributed by atoms with van der Waals surface area (Å²) in [4.78, 5) is 13.7. The van der Waals surface area contributed by atoms with Crippen molar-refractivity contribution in [1.29, 1.82) is 0 Å². The zero-order valence-electron chi connectivity index (χ0n) is 14.3. The molecule has 1 aliphatic rings. The SMILES string of the molecule is CCC(NC(=O)c1cc(-c2cccs2)[nH]n1)c1ccc2c(c1)OCCO2. The lowest BCUT2D eigenvalue weighted by atomic mass is 10.0. The number of ether oxygens (including phenoxy) is 2. The average Bonchev–Trinajstić information content (AvgIpc) is 3.36. The van der Waals surface area contributed by atoms with E-state index in [1.165, 1.54) is 0 Å². The highest BCUT2D eigenvalue weighted by molar-refractivity contribution is 7.13. The van der Waals surface area contributed by atoms with Crippen LogP contribution in [0.1, 0.15) is 35.4 Å². The molecule has 3 heterocycles. The molecule has 26 heavy (non-hydrogen) atoms.